The summed E-state index contributed by atoms with van der Waals surface area (Å²) in [4.78, 5) is 26.3. The lowest BCUT2D eigenvalue weighted by Crippen LogP contribution is -2.46. The molecule has 0 aliphatic carbocycles. The van der Waals surface area contributed by atoms with Crippen molar-refractivity contribution in [1.82, 2.24) is 14.7 Å². The Bertz CT molecular complexity index is 793. The molecule has 0 N–H and O–H groups in total. The van der Waals surface area contributed by atoms with Crippen molar-refractivity contribution in [3.05, 3.63) is 24.3 Å². The largest absolute Gasteiger partial charge is 0.466 e. The fourth-order valence-electron chi connectivity index (χ4n) is 3.34. The minimum absolute atomic E-state index is 0.0814. The lowest BCUT2D eigenvalue weighted by Gasteiger charge is -2.32. The van der Waals surface area contributed by atoms with Crippen molar-refractivity contribution in [1.29, 1.82) is 0 Å². The van der Waals surface area contributed by atoms with Crippen LogP contribution in [-0.4, -0.2) is 52.4 Å². The van der Waals surface area contributed by atoms with E-state index in [1.54, 1.807) is 23.4 Å². The molecule has 1 aromatic heterocycles. The van der Waals surface area contributed by atoms with E-state index in [0.717, 1.165) is 10.9 Å². The van der Waals surface area contributed by atoms with Crippen molar-refractivity contribution in [2.24, 2.45) is 13.0 Å². The first-order chi connectivity index (χ1) is 12.5. The van der Waals surface area contributed by atoms with Crippen molar-refractivity contribution in [2.75, 3.05) is 19.7 Å². The summed E-state index contributed by atoms with van der Waals surface area (Å²) in [5, 5.41) is 5.26. The molecule has 2 aromatic rings. The van der Waals surface area contributed by atoms with Crippen LogP contribution in [0, 0.1) is 5.92 Å². The Kier molecular flexibility index (Phi) is 5.44. The zero-order valence-corrected chi connectivity index (χ0v) is 15.5. The molecule has 140 valence electrons. The number of benzene rings is 1. The van der Waals surface area contributed by atoms with E-state index in [-0.39, 0.29) is 17.8 Å². The molecular formula is C19H25N3O4. The molecule has 3 rings (SSSR count). The lowest BCUT2D eigenvalue weighted by molar-refractivity contribution is -0.152. The van der Waals surface area contributed by atoms with Gasteiger partial charge in [-0.25, -0.2) is 0 Å². The number of para-hydroxylation sites is 1. The maximum atomic E-state index is 12.7. The summed E-state index contributed by atoms with van der Waals surface area (Å²) in [6, 6.07) is 7.75. The Morgan fingerprint density at radius 1 is 1.27 bits per heavy atom. The Labute approximate surface area is 152 Å². The van der Waals surface area contributed by atoms with Crippen LogP contribution in [0.2, 0.25) is 0 Å². The van der Waals surface area contributed by atoms with Crippen LogP contribution in [0.3, 0.4) is 0 Å². The number of carbonyl (C=O) groups excluding carboxylic acids is 2. The Morgan fingerprint density at radius 3 is 2.65 bits per heavy atom. The van der Waals surface area contributed by atoms with Gasteiger partial charge in [-0.1, -0.05) is 12.1 Å². The maximum Gasteiger partial charge on any atom is 0.309 e. The van der Waals surface area contributed by atoms with E-state index in [0.29, 0.717) is 38.4 Å². The molecule has 1 amide bonds. The topological polar surface area (TPSA) is 73.7 Å². The van der Waals surface area contributed by atoms with Crippen molar-refractivity contribution in [3.63, 3.8) is 0 Å². The standard InChI is InChI=1S/C19H25N3O4/c1-4-25-19(24)14-9-11-22(12-10-14)18(23)13(2)26-17-15-7-5-6-8-16(15)21(3)20-17/h5-8,13-14H,4,9-12H2,1-3H3/t13-/m1/s1. The van der Waals surface area contributed by atoms with E-state index in [9.17, 15) is 9.59 Å². The molecule has 0 bridgehead atoms. The fraction of sp³-hybridized carbons (Fsp3) is 0.526. The number of hydrogen-bond donors (Lipinski definition) is 0. The van der Waals surface area contributed by atoms with E-state index in [1.165, 1.54) is 0 Å². The van der Waals surface area contributed by atoms with E-state index in [2.05, 4.69) is 5.10 Å². The highest BCUT2D eigenvalue weighted by atomic mass is 16.5. The first-order valence-corrected chi connectivity index (χ1v) is 9.05. The zero-order chi connectivity index (χ0) is 18.7. The quantitative estimate of drug-likeness (QED) is 0.765. The molecule has 1 aromatic carbocycles. The third-order valence-electron chi connectivity index (χ3n) is 4.79. The number of amides is 1. The normalized spacial score (nSPS) is 16.5. The first-order valence-electron chi connectivity index (χ1n) is 9.05. The number of fused-ring (bicyclic) bond motifs is 1. The molecule has 2 heterocycles. The predicted octanol–water partition coefficient (Wildman–Crippen LogP) is 2.14. The molecule has 1 aliphatic rings. The van der Waals surface area contributed by atoms with Gasteiger partial charge in [0, 0.05) is 20.1 Å². The van der Waals surface area contributed by atoms with Gasteiger partial charge in [-0.15, -0.1) is 5.10 Å². The van der Waals surface area contributed by atoms with Gasteiger partial charge in [0.2, 0.25) is 5.88 Å². The smallest absolute Gasteiger partial charge is 0.309 e. The van der Waals surface area contributed by atoms with Gasteiger partial charge in [0.15, 0.2) is 6.10 Å². The van der Waals surface area contributed by atoms with Gasteiger partial charge < -0.3 is 14.4 Å². The molecular weight excluding hydrogens is 334 g/mol. The van der Waals surface area contributed by atoms with Crippen molar-refractivity contribution < 1.29 is 19.1 Å². The highest BCUT2D eigenvalue weighted by Gasteiger charge is 2.31. The van der Waals surface area contributed by atoms with E-state index < -0.39 is 6.10 Å². The number of aryl methyl sites for hydroxylation is 1. The van der Waals surface area contributed by atoms with Crippen LogP contribution < -0.4 is 4.74 Å². The molecule has 1 fully saturated rings. The highest BCUT2D eigenvalue weighted by Crippen LogP contribution is 2.25. The van der Waals surface area contributed by atoms with Crippen molar-refractivity contribution >= 4 is 22.8 Å². The Hall–Kier alpha value is -2.57. The monoisotopic (exact) mass is 359 g/mol. The third-order valence-corrected chi connectivity index (χ3v) is 4.79. The summed E-state index contributed by atoms with van der Waals surface area (Å²) in [7, 11) is 1.85. The number of ether oxygens (including phenoxy) is 2. The van der Waals surface area contributed by atoms with Crippen LogP contribution in [0.1, 0.15) is 26.7 Å². The minimum atomic E-state index is -0.632. The number of piperidine rings is 1. The van der Waals surface area contributed by atoms with Crippen LogP contribution in [0.4, 0.5) is 0 Å². The number of nitrogens with zero attached hydrogens (tertiary/aromatic N) is 3. The summed E-state index contributed by atoms with van der Waals surface area (Å²) in [5.41, 5.74) is 0.956. The van der Waals surface area contributed by atoms with Gasteiger partial charge in [-0.2, -0.15) is 0 Å². The number of hydrogen-bond acceptors (Lipinski definition) is 5. The van der Waals surface area contributed by atoms with E-state index in [4.69, 9.17) is 9.47 Å². The average Bonchev–Trinajstić information content (AvgIpc) is 2.97. The van der Waals surface area contributed by atoms with Crippen LogP contribution >= 0.6 is 0 Å². The van der Waals surface area contributed by atoms with Gasteiger partial charge in [-0.05, 0) is 38.8 Å². The number of aromatic nitrogens is 2. The molecule has 0 spiro atoms. The van der Waals surface area contributed by atoms with E-state index in [1.807, 2.05) is 31.3 Å². The number of carbonyl (C=O) groups is 2. The van der Waals surface area contributed by atoms with Crippen molar-refractivity contribution in [3.8, 4) is 5.88 Å². The van der Waals surface area contributed by atoms with Crippen molar-refractivity contribution in [2.45, 2.75) is 32.8 Å². The molecule has 7 nitrogen and oxygen atoms in total. The second kappa shape index (κ2) is 7.76. The average molecular weight is 359 g/mol. The molecule has 0 unspecified atom stereocenters. The number of rotatable bonds is 5. The molecule has 1 saturated heterocycles. The maximum absolute atomic E-state index is 12.7. The summed E-state index contributed by atoms with van der Waals surface area (Å²) in [6.07, 6.45) is 0.626. The Balaban J connectivity index is 1.61. The summed E-state index contributed by atoms with van der Waals surface area (Å²) >= 11 is 0. The molecule has 0 radical (unpaired) electrons. The van der Waals surface area contributed by atoms with Gasteiger partial charge in [0.25, 0.3) is 5.91 Å². The second-order valence-electron chi connectivity index (χ2n) is 6.56. The fourth-order valence-corrected chi connectivity index (χ4v) is 3.34. The van der Waals surface area contributed by atoms with Crippen LogP contribution in [0.5, 0.6) is 5.88 Å². The molecule has 1 atom stereocenters. The number of likely N-dealkylation sites (tertiary alicyclic amines) is 1. The highest BCUT2D eigenvalue weighted by molar-refractivity contribution is 5.86. The number of esters is 1. The van der Waals surface area contributed by atoms with Crippen LogP contribution in [0.15, 0.2) is 24.3 Å². The van der Waals surface area contributed by atoms with Crippen LogP contribution in [0.25, 0.3) is 10.9 Å². The molecule has 1 aliphatic heterocycles. The molecule has 0 saturated carbocycles. The minimum Gasteiger partial charge on any atom is -0.466 e. The van der Waals surface area contributed by atoms with Crippen LogP contribution in [-0.2, 0) is 21.4 Å². The lowest BCUT2D eigenvalue weighted by atomic mass is 9.97. The third kappa shape index (κ3) is 3.66. The predicted molar refractivity (Wildman–Crippen MR) is 96.7 cm³/mol. The summed E-state index contributed by atoms with van der Waals surface area (Å²) in [6.45, 7) is 5.01. The summed E-state index contributed by atoms with van der Waals surface area (Å²) in [5.74, 6) is 0.103. The first kappa shape index (κ1) is 18.2. The second-order valence-corrected chi connectivity index (χ2v) is 6.56. The SMILES string of the molecule is CCOC(=O)C1CCN(C(=O)[C@@H](C)Oc2nn(C)c3ccccc23)CC1. The van der Waals surface area contributed by atoms with Gasteiger partial charge >= 0.3 is 5.97 Å². The Morgan fingerprint density at radius 2 is 1.96 bits per heavy atom. The molecule has 26 heavy (non-hydrogen) atoms. The van der Waals surface area contributed by atoms with E-state index >= 15 is 0 Å². The molecule has 7 heteroatoms. The van der Waals surface area contributed by atoms with Gasteiger partial charge in [0.1, 0.15) is 0 Å². The zero-order valence-electron chi connectivity index (χ0n) is 15.5. The summed E-state index contributed by atoms with van der Waals surface area (Å²) < 4.78 is 12.7. The van der Waals surface area contributed by atoms with Gasteiger partial charge in [-0.3, -0.25) is 14.3 Å². The van der Waals surface area contributed by atoms with Gasteiger partial charge in [0.05, 0.1) is 23.4 Å².